The average molecular weight is 351 g/mol. The van der Waals surface area contributed by atoms with Gasteiger partial charge in [-0.3, -0.25) is 4.79 Å². The van der Waals surface area contributed by atoms with Crippen LogP contribution in [0.2, 0.25) is 0 Å². The maximum atomic E-state index is 11.9. The smallest absolute Gasteiger partial charge is 0.414 e. The van der Waals surface area contributed by atoms with Crippen LogP contribution in [0.15, 0.2) is 24.3 Å². The van der Waals surface area contributed by atoms with E-state index in [-0.39, 0.29) is 12.5 Å². The van der Waals surface area contributed by atoms with Crippen LogP contribution in [0.5, 0.6) is 5.75 Å². The van der Waals surface area contributed by atoms with Crippen LogP contribution in [0.1, 0.15) is 38.2 Å². The number of hydrogen-bond acceptors (Lipinski definition) is 4. The van der Waals surface area contributed by atoms with Gasteiger partial charge in [-0.1, -0.05) is 37.5 Å². The summed E-state index contributed by atoms with van der Waals surface area (Å²) in [5.74, 6) is -2.33. The predicted molar refractivity (Wildman–Crippen MR) is 91.5 cm³/mol. The third-order valence-electron chi connectivity index (χ3n) is 4.03. The minimum atomic E-state index is -1.82. The summed E-state index contributed by atoms with van der Waals surface area (Å²) in [7, 11) is 0. The van der Waals surface area contributed by atoms with E-state index in [9.17, 15) is 4.79 Å². The molecule has 0 radical (unpaired) electrons. The molecule has 2 atom stereocenters. The quantitative estimate of drug-likeness (QED) is 0.717. The lowest BCUT2D eigenvalue weighted by atomic mass is 9.86. The van der Waals surface area contributed by atoms with Gasteiger partial charge in [-0.25, -0.2) is 9.59 Å². The summed E-state index contributed by atoms with van der Waals surface area (Å²) < 4.78 is 5.49. The molecule has 3 N–H and O–H groups in total. The minimum absolute atomic E-state index is 0.0145. The van der Waals surface area contributed by atoms with Gasteiger partial charge in [-0.2, -0.15) is 0 Å². The number of rotatable bonds is 4. The topological polar surface area (TPSA) is 113 Å². The molecule has 1 aliphatic carbocycles. The lowest BCUT2D eigenvalue weighted by Gasteiger charge is -2.29. The van der Waals surface area contributed by atoms with Crippen LogP contribution in [0, 0.1) is 12.8 Å². The van der Waals surface area contributed by atoms with Crippen LogP contribution in [-0.4, -0.2) is 40.7 Å². The van der Waals surface area contributed by atoms with Gasteiger partial charge in [-0.15, -0.1) is 0 Å². The van der Waals surface area contributed by atoms with Gasteiger partial charge >= 0.3 is 11.9 Å². The van der Waals surface area contributed by atoms with Crippen molar-refractivity contribution in [3.8, 4) is 5.75 Å². The second kappa shape index (κ2) is 10.3. The molecule has 1 fully saturated rings. The molecule has 25 heavy (non-hydrogen) atoms. The zero-order chi connectivity index (χ0) is 18.8. The molecular formula is C18H25NO6. The third-order valence-corrected chi connectivity index (χ3v) is 4.03. The summed E-state index contributed by atoms with van der Waals surface area (Å²) in [5.41, 5.74) is 1.19. The number of carbonyl (C=O) groups is 3. The van der Waals surface area contributed by atoms with Gasteiger partial charge in [-0.05, 0) is 37.8 Å². The predicted octanol–water partition coefficient (Wildman–Crippen LogP) is 2.22. The summed E-state index contributed by atoms with van der Waals surface area (Å²) in [6.45, 7) is 4.35. The molecule has 2 rings (SSSR count). The Balaban J connectivity index is 0.000000450. The number of carboxylic acid groups (broad SMARTS) is 2. The summed E-state index contributed by atoms with van der Waals surface area (Å²) in [5, 5.41) is 17.9. The molecule has 0 aromatic heterocycles. The van der Waals surface area contributed by atoms with Gasteiger partial charge in [0.2, 0.25) is 0 Å². The summed E-state index contributed by atoms with van der Waals surface area (Å²) in [6, 6.07) is 8.08. The second-order valence-electron chi connectivity index (χ2n) is 6.15. The van der Waals surface area contributed by atoms with Gasteiger partial charge < -0.3 is 20.3 Å². The van der Waals surface area contributed by atoms with E-state index in [1.54, 1.807) is 0 Å². The van der Waals surface area contributed by atoms with Crippen LogP contribution in [0.4, 0.5) is 0 Å². The lowest BCUT2D eigenvalue weighted by molar-refractivity contribution is -0.159. The third kappa shape index (κ3) is 8.19. The first-order chi connectivity index (χ1) is 11.8. The van der Waals surface area contributed by atoms with E-state index >= 15 is 0 Å². The fraction of sp³-hybridized carbons (Fsp3) is 0.500. The largest absolute Gasteiger partial charge is 0.484 e. The van der Waals surface area contributed by atoms with Crippen LogP contribution in [0.25, 0.3) is 0 Å². The number of ether oxygens (including phenoxy) is 1. The van der Waals surface area contributed by atoms with Crippen molar-refractivity contribution in [3.05, 3.63) is 29.8 Å². The molecule has 7 nitrogen and oxygen atoms in total. The zero-order valence-electron chi connectivity index (χ0n) is 14.5. The van der Waals surface area contributed by atoms with E-state index in [0.29, 0.717) is 12.0 Å². The number of nitrogens with one attached hydrogen (secondary N) is 1. The highest BCUT2D eigenvalue weighted by atomic mass is 16.5. The standard InChI is InChI=1S/C16H23NO2.C2H2O4/c1-12-7-9-14(10-8-12)19-11-16(18)17-15-6-4-3-5-13(15)2;3-1(4)2(5)6/h7-10,13,15H,3-6,11H2,1-2H3,(H,17,18);(H,3,4)(H,5,6). The Kier molecular flexibility index (Phi) is 8.46. The molecule has 1 saturated carbocycles. The molecule has 1 aliphatic rings. The van der Waals surface area contributed by atoms with Crippen molar-refractivity contribution in [2.75, 3.05) is 6.61 Å². The molecule has 0 bridgehead atoms. The second-order valence-corrected chi connectivity index (χ2v) is 6.15. The number of carbonyl (C=O) groups excluding carboxylic acids is 1. The highest BCUT2D eigenvalue weighted by Crippen LogP contribution is 2.23. The molecule has 0 aliphatic heterocycles. The van der Waals surface area contributed by atoms with Crippen molar-refractivity contribution in [3.63, 3.8) is 0 Å². The first-order valence-corrected chi connectivity index (χ1v) is 8.24. The van der Waals surface area contributed by atoms with Gasteiger partial charge in [0.1, 0.15) is 5.75 Å². The number of hydrogen-bond donors (Lipinski definition) is 3. The molecule has 0 spiro atoms. The fourth-order valence-corrected chi connectivity index (χ4v) is 2.56. The molecule has 0 saturated heterocycles. The van der Waals surface area contributed by atoms with Crippen molar-refractivity contribution in [2.45, 2.75) is 45.6 Å². The van der Waals surface area contributed by atoms with Crippen LogP contribution in [0.3, 0.4) is 0 Å². The van der Waals surface area contributed by atoms with Crippen LogP contribution < -0.4 is 10.1 Å². The van der Waals surface area contributed by atoms with E-state index in [2.05, 4.69) is 12.2 Å². The summed E-state index contributed by atoms with van der Waals surface area (Å²) in [4.78, 5) is 30.1. The van der Waals surface area contributed by atoms with E-state index in [0.717, 1.165) is 12.2 Å². The van der Waals surface area contributed by atoms with Crippen molar-refractivity contribution < 1.29 is 29.3 Å². The highest BCUT2D eigenvalue weighted by molar-refractivity contribution is 6.27. The van der Waals surface area contributed by atoms with Gasteiger partial charge in [0, 0.05) is 6.04 Å². The van der Waals surface area contributed by atoms with Gasteiger partial charge in [0.15, 0.2) is 6.61 Å². The SMILES string of the molecule is Cc1ccc(OCC(=O)NC2CCCCC2C)cc1.O=C(O)C(=O)O. The normalized spacial score (nSPS) is 19.1. The molecule has 7 heteroatoms. The molecule has 0 heterocycles. The Hall–Kier alpha value is -2.57. The van der Waals surface area contributed by atoms with Gasteiger partial charge in [0.05, 0.1) is 0 Å². The number of benzene rings is 1. The van der Waals surface area contributed by atoms with Crippen molar-refractivity contribution >= 4 is 17.8 Å². The number of amides is 1. The maximum Gasteiger partial charge on any atom is 0.414 e. The van der Waals surface area contributed by atoms with Crippen LogP contribution in [-0.2, 0) is 14.4 Å². The van der Waals surface area contributed by atoms with E-state index < -0.39 is 11.9 Å². The fourth-order valence-electron chi connectivity index (χ4n) is 2.56. The Morgan fingerprint density at radius 3 is 2.16 bits per heavy atom. The first-order valence-electron chi connectivity index (χ1n) is 8.24. The van der Waals surface area contributed by atoms with Crippen molar-refractivity contribution in [1.29, 1.82) is 0 Å². The van der Waals surface area contributed by atoms with E-state index in [1.165, 1.54) is 24.8 Å². The highest BCUT2D eigenvalue weighted by Gasteiger charge is 2.22. The maximum absolute atomic E-state index is 11.9. The Morgan fingerprint density at radius 1 is 1.08 bits per heavy atom. The molecule has 1 aromatic rings. The van der Waals surface area contributed by atoms with Crippen molar-refractivity contribution in [2.24, 2.45) is 5.92 Å². The average Bonchev–Trinajstić information content (AvgIpc) is 2.57. The Morgan fingerprint density at radius 2 is 1.64 bits per heavy atom. The van der Waals surface area contributed by atoms with Gasteiger partial charge in [0.25, 0.3) is 5.91 Å². The molecule has 2 unspecified atom stereocenters. The number of aliphatic carboxylic acids is 2. The van der Waals surface area contributed by atoms with E-state index in [4.69, 9.17) is 24.5 Å². The zero-order valence-corrected chi connectivity index (χ0v) is 14.5. The minimum Gasteiger partial charge on any atom is -0.484 e. The Labute approximate surface area is 147 Å². The monoisotopic (exact) mass is 351 g/mol. The molecule has 1 amide bonds. The van der Waals surface area contributed by atoms with Crippen LogP contribution >= 0.6 is 0 Å². The Bertz CT molecular complexity index is 572. The molecule has 138 valence electrons. The number of aryl methyl sites for hydroxylation is 1. The first kappa shape index (κ1) is 20.5. The molecule has 1 aromatic carbocycles. The van der Waals surface area contributed by atoms with E-state index in [1.807, 2.05) is 31.2 Å². The number of carboxylic acids is 2. The molecular weight excluding hydrogens is 326 g/mol. The van der Waals surface area contributed by atoms with Crippen molar-refractivity contribution in [1.82, 2.24) is 5.32 Å². The summed E-state index contributed by atoms with van der Waals surface area (Å²) >= 11 is 0. The lowest BCUT2D eigenvalue weighted by Crippen LogP contribution is -2.43. The summed E-state index contributed by atoms with van der Waals surface area (Å²) in [6.07, 6.45) is 4.81.